The van der Waals surface area contributed by atoms with E-state index >= 15 is 0 Å². The van der Waals surface area contributed by atoms with E-state index in [2.05, 4.69) is 26.6 Å². The van der Waals surface area contributed by atoms with Crippen LogP contribution in [0.15, 0.2) is 0 Å². The van der Waals surface area contributed by atoms with Crippen molar-refractivity contribution in [3.05, 3.63) is 0 Å². The molecule has 1 atom stereocenters. The lowest BCUT2D eigenvalue weighted by Crippen LogP contribution is -2.42. The van der Waals surface area contributed by atoms with Gasteiger partial charge in [0.15, 0.2) is 0 Å². The van der Waals surface area contributed by atoms with Gasteiger partial charge in [0.05, 0.1) is 18.5 Å². The number of ketones is 1. The van der Waals surface area contributed by atoms with Gasteiger partial charge in [-0.05, 0) is 25.7 Å². The molecule has 0 aromatic rings. The maximum Gasteiger partial charge on any atom is 0.326 e. The van der Waals surface area contributed by atoms with Crippen LogP contribution in [-0.2, 0) is 28.7 Å². The van der Waals surface area contributed by atoms with Gasteiger partial charge < -0.3 is 25.2 Å². The molecule has 28 heavy (non-hydrogen) atoms. The van der Waals surface area contributed by atoms with Gasteiger partial charge in [0.1, 0.15) is 18.4 Å². The second-order valence-corrected chi connectivity index (χ2v) is 6.66. The standard InChI is InChI=1S/C18H31BrN2O7/c1-2-14(22)6-5-9-27-10-11-28-13-17(24)21-15(18(25)26)7-3-4-8-20-16(23)12-19/h15H,2-13H2,1H3,(H,20,23)(H,21,24)(H,25,26)/t15-/m0/s1. The summed E-state index contributed by atoms with van der Waals surface area (Å²) in [5, 5.41) is 14.5. The predicted octanol–water partition coefficient (Wildman–Crippen LogP) is 1.03. The van der Waals surface area contributed by atoms with Crippen molar-refractivity contribution in [1.82, 2.24) is 10.6 Å². The average molecular weight is 467 g/mol. The van der Waals surface area contributed by atoms with Crippen LogP contribution in [0.2, 0.25) is 0 Å². The van der Waals surface area contributed by atoms with E-state index in [0.717, 1.165) is 0 Å². The molecule has 0 rings (SSSR count). The molecule has 0 fully saturated rings. The van der Waals surface area contributed by atoms with Crippen LogP contribution < -0.4 is 10.6 Å². The number of carbonyl (C=O) groups is 4. The summed E-state index contributed by atoms with van der Waals surface area (Å²) >= 11 is 3.03. The third-order valence-corrected chi connectivity index (χ3v) is 4.25. The fourth-order valence-electron chi connectivity index (χ4n) is 2.17. The first-order valence-corrected chi connectivity index (χ1v) is 10.5. The van der Waals surface area contributed by atoms with Gasteiger partial charge in [-0.1, -0.05) is 22.9 Å². The monoisotopic (exact) mass is 466 g/mol. The maximum atomic E-state index is 11.8. The number of carbonyl (C=O) groups excluding carboxylic acids is 3. The zero-order valence-corrected chi connectivity index (χ0v) is 17.9. The molecule has 0 aromatic heterocycles. The number of carboxylic acids is 1. The van der Waals surface area contributed by atoms with E-state index < -0.39 is 17.9 Å². The normalized spacial score (nSPS) is 11.6. The first-order chi connectivity index (χ1) is 13.4. The van der Waals surface area contributed by atoms with Gasteiger partial charge in [-0.3, -0.25) is 14.4 Å². The Kier molecular flexibility index (Phi) is 16.6. The molecular formula is C18H31BrN2O7. The van der Waals surface area contributed by atoms with Crippen molar-refractivity contribution in [1.29, 1.82) is 0 Å². The number of nitrogens with one attached hydrogen (secondary N) is 2. The van der Waals surface area contributed by atoms with Gasteiger partial charge in [0.2, 0.25) is 11.8 Å². The van der Waals surface area contributed by atoms with E-state index in [-0.39, 0.29) is 36.7 Å². The Balaban J connectivity index is 3.77. The van der Waals surface area contributed by atoms with E-state index in [1.807, 2.05) is 6.92 Å². The Morgan fingerprint density at radius 1 is 1.00 bits per heavy atom. The minimum absolute atomic E-state index is 0.126. The topological polar surface area (TPSA) is 131 Å². The van der Waals surface area contributed by atoms with Crippen LogP contribution in [0.4, 0.5) is 0 Å². The second kappa shape index (κ2) is 17.6. The lowest BCUT2D eigenvalue weighted by molar-refractivity contribution is -0.142. The summed E-state index contributed by atoms with van der Waals surface area (Å²) in [7, 11) is 0. The molecule has 9 nitrogen and oxygen atoms in total. The Bertz CT molecular complexity index is 489. The summed E-state index contributed by atoms with van der Waals surface area (Å²) in [5.41, 5.74) is 0. The summed E-state index contributed by atoms with van der Waals surface area (Å²) in [6, 6.07) is -0.990. The third-order valence-electron chi connectivity index (χ3n) is 3.74. The number of rotatable bonds is 18. The summed E-state index contributed by atoms with van der Waals surface area (Å²) < 4.78 is 10.5. The first kappa shape index (κ1) is 26.5. The summed E-state index contributed by atoms with van der Waals surface area (Å²) in [6.45, 7) is 3.00. The molecule has 3 N–H and O–H groups in total. The fourth-order valence-corrected chi connectivity index (χ4v) is 2.37. The highest BCUT2D eigenvalue weighted by Crippen LogP contribution is 2.01. The van der Waals surface area contributed by atoms with Crippen molar-refractivity contribution in [2.24, 2.45) is 0 Å². The number of amides is 2. The van der Waals surface area contributed by atoms with Crippen molar-refractivity contribution in [3.63, 3.8) is 0 Å². The lowest BCUT2D eigenvalue weighted by atomic mass is 10.1. The first-order valence-electron chi connectivity index (χ1n) is 9.42. The molecule has 0 unspecified atom stereocenters. The molecule has 0 aliphatic heterocycles. The van der Waals surface area contributed by atoms with Gasteiger partial charge in [0.25, 0.3) is 0 Å². The van der Waals surface area contributed by atoms with Crippen LogP contribution in [0.3, 0.4) is 0 Å². The Labute approximate surface area is 174 Å². The highest BCUT2D eigenvalue weighted by Gasteiger charge is 2.19. The van der Waals surface area contributed by atoms with E-state index in [0.29, 0.717) is 51.9 Å². The quantitative estimate of drug-likeness (QED) is 0.203. The van der Waals surface area contributed by atoms with Crippen molar-refractivity contribution in [2.75, 3.05) is 38.3 Å². The van der Waals surface area contributed by atoms with Crippen LogP contribution in [0.25, 0.3) is 0 Å². The number of alkyl halides is 1. The largest absolute Gasteiger partial charge is 0.480 e. The summed E-state index contributed by atoms with van der Waals surface area (Å²) in [5.74, 6) is -1.54. The zero-order valence-electron chi connectivity index (χ0n) is 16.3. The van der Waals surface area contributed by atoms with Crippen LogP contribution in [0.5, 0.6) is 0 Å². The van der Waals surface area contributed by atoms with E-state index in [9.17, 15) is 24.3 Å². The summed E-state index contributed by atoms with van der Waals surface area (Å²) in [4.78, 5) is 45.2. The van der Waals surface area contributed by atoms with Crippen molar-refractivity contribution < 1.29 is 33.8 Å². The number of Topliss-reactive ketones (excluding diaryl/α,β-unsaturated/α-hetero) is 1. The number of ether oxygens (including phenoxy) is 2. The number of halogens is 1. The number of hydrogen-bond donors (Lipinski definition) is 3. The smallest absolute Gasteiger partial charge is 0.326 e. The molecule has 0 heterocycles. The van der Waals surface area contributed by atoms with Crippen molar-refractivity contribution in [2.45, 2.75) is 51.5 Å². The van der Waals surface area contributed by atoms with Crippen LogP contribution in [0, 0.1) is 0 Å². The van der Waals surface area contributed by atoms with Crippen molar-refractivity contribution >= 4 is 39.5 Å². The fraction of sp³-hybridized carbons (Fsp3) is 0.778. The number of unbranched alkanes of at least 4 members (excludes halogenated alkanes) is 1. The molecule has 0 radical (unpaired) electrons. The minimum Gasteiger partial charge on any atom is -0.480 e. The SMILES string of the molecule is CCC(=O)CCCOCCOCC(=O)N[C@@H](CCCCNC(=O)CBr)C(=O)O. The molecule has 0 bridgehead atoms. The molecular weight excluding hydrogens is 436 g/mol. The average Bonchev–Trinajstić information content (AvgIpc) is 2.67. The number of aliphatic carboxylic acids is 1. The predicted molar refractivity (Wildman–Crippen MR) is 106 cm³/mol. The van der Waals surface area contributed by atoms with E-state index in [1.54, 1.807) is 0 Å². The Hall–Kier alpha value is -1.52. The lowest BCUT2D eigenvalue weighted by Gasteiger charge is -2.14. The molecule has 0 saturated carbocycles. The molecule has 0 aromatic carbocycles. The van der Waals surface area contributed by atoms with Crippen LogP contribution >= 0.6 is 15.9 Å². The molecule has 0 aliphatic carbocycles. The minimum atomic E-state index is -1.11. The number of hydrogen-bond acceptors (Lipinski definition) is 6. The highest BCUT2D eigenvalue weighted by molar-refractivity contribution is 9.09. The third kappa shape index (κ3) is 15.5. The Morgan fingerprint density at radius 3 is 2.36 bits per heavy atom. The zero-order chi connectivity index (χ0) is 21.2. The van der Waals surface area contributed by atoms with E-state index in [4.69, 9.17) is 9.47 Å². The summed E-state index contributed by atoms with van der Waals surface area (Å²) in [6.07, 6.45) is 3.13. The molecule has 0 aliphatic rings. The maximum absolute atomic E-state index is 11.8. The van der Waals surface area contributed by atoms with Gasteiger partial charge in [0, 0.05) is 26.0 Å². The molecule has 10 heteroatoms. The van der Waals surface area contributed by atoms with E-state index in [1.165, 1.54) is 0 Å². The second-order valence-electron chi connectivity index (χ2n) is 6.10. The van der Waals surface area contributed by atoms with Crippen LogP contribution in [-0.4, -0.2) is 73.0 Å². The van der Waals surface area contributed by atoms with Crippen molar-refractivity contribution in [3.8, 4) is 0 Å². The molecule has 162 valence electrons. The van der Waals surface area contributed by atoms with Gasteiger partial charge >= 0.3 is 5.97 Å². The number of carboxylic acid groups (broad SMARTS) is 1. The molecule has 2 amide bonds. The Morgan fingerprint density at radius 2 is 1.71 bits per heavy atom. The van der Waals surface area contributed by atoms with Gasteiger partial charge in [-0.25, -0.2) is 4.79 Å². The molecule has 0 spiro atoms. The van der Waals surface area contributed by atoms with Gasteiger partial charge in [-0.2, -0.15) is 0 Å². The highest BCUT2D eigenvalue weighted by atomic mass is 79.9. The van der Waals surface area contributed by atoms with Crippen LogP contribution in [0.1, 0.15) is 45.4 Å². The van der Waals surface area contributed by atoms with Gasteiger partial charge in [-0.15, -0.1) is 0 Å². The molecule has 0 saturated heterocycles.